The van der Waals surface area contributed by atoms with E-state index >= 15 is 0 Å². The Morgan fingerprint density at radius 2 is 1.43 bits per heavy atom. The summed E-state index contributed by atoms with van der Waals surface area (Å²) in [7, 11) is 2.07. The van der Waals surface area contributed by atoms with Gasteiger partial charge >= 0.3 is 6.18 Å². The molecule has 1 aliphatic rings. The van der Waals surface area contributed by atoms with Gasteiger partial charge in [0.1, 0.15) is 13.6 Å². The fourth-order valence-electron chi connectivity index (χ4n) is 2.13. The number of halogens is 3. The minimum absolute atomic E-state index is 0. The highest BCUT2D eigenvalue weighted by Crippen LogP contribution is 2.28. The van der Waals surface area contributed by atoms with E-state index in [1.165, 1.54) is 44.2 Å². The molecule has 1 N–H and O–H groups in total. The summed E-state index contributed by atoms with van der Waals surface area (Å²) in [5, 5.41) is 3.30. The summed E-state index contributed by atoms with van der Waals surface area (Å²) in [6.07, 6.45) is 2.91. The topological polar surface area (TPSA) is 46.2 Å². The molecule has 0 saturated heterocycles. The summed E-state index contributed by atoms with van der Waals surface area (Å²) >= 11 is 0. The van der Waals surface area contributed by atoms with Crippen LogP contribution >= 0.6 is 0 Å². The number of carbonyl (C=O) groups excluding carboxylic acids is 2. The SMILES string of the molecule is C=O.C=O.CNC1CCCCC1.Cc1ccc(C(F)(F)F)cc1.[HH]. The molecule has 0 heterocycles. The molecule has 2 rings (SSSR count). The number of aryl methyl sites for hydroxylation is 1. The number of benzene rings is 1. The molecule has 1 fully saturated rings. The van der Waals surface area contributed by atoms with Crippen molar-refractivity contribution in [1.82, 2.24) is 5.32 Å². The molecular formula is C17H28F3NO2. The largest absolute Gasteiger partial charge is 0.416 e. The van der Waals surface area contributed by atoms with Gasteiger partial charge in [-0.15, -0.1) is 0 Å². The summed E-state index contributed by atoms with van der Waals surface area (Å²) in [6, 6.07) is 5.89. The highest BCUT2D eigenvalue weighted by molar-refractivity contribution is 5.23. The number of rotatable bonds is 1. The van der Waals surface area contributed by atoms with Crippen LogP contribution < -0.4 is 5.32 Å². The van der Waals surface area contributed by atoms with Gasteiger partial charge in [0.15, 0.2) is 0 Å². The molecule has 1 aliphatic carbocycles. The van der Waals surface area contributed by atoms with Crippen molar-refractivity contribution < 1.29 is 24.2 Å². The molecule has 1 aromatic carbocycles. The van der Waals surface area contributed by atoms with E-state index in [9.17, 15) is 13.2 Å². The fraction of sp³-hybridized carbons (Fsp3) is 0.529. The first-order valence-electron chi connectivity index (χ1n) is 7.32. The molecule has 23 heavy (non-hydrogen) atoms. The van der Waals surface area contributed by atoms with Crippen molar-refractivity contribution in [2.45, 2.75) is 51.2 Å². The van der Waals surface area contributed by atoms with Gasteiger partial charge in [-0.05, 0) is 38.9 Å². The van der Waals surface area contributed by atoms with Gasteiger partial charge < -0.3 is 14.9 Å². The quantitative estimate of drug-likeness (QED) is 0.826. The van der Waals surface area contributed by atoms with E-state index in [1.807, 2.05) is 13.6 Å². The fourth-order valence-corrected chi connectivity index (χ4v) is 2.13. The summed E-state index contributed by atoms with van der Waals surface area (Å²) in [4.78, 5) is 16.0. The van der Waals surface area contributed by atoms with E-state index in [0.717, 1.165) is 23.7 Å². The Kier molecular flexibility index (Phi) is 14.3. The Hall–Kier alpha value is -1.69. The second-order valence-electron chi connectivity index (χ2n) is 4.99. The van der Waals surface area contributed by atoms with E-state index < -0.39 is 11.7 Å². The first kappa shape index (κ1) is 23.6. The van der Waals surface area contributed by atoms with Gasteiger partial charge in [0.05, 0.1) is 5.56 Å². The van der Waals surface area contributed by atoms with Gasteiger partial charge in [0.25, 0.3) is 0 Å². The predicted molar refractivity (Wildman–Crippen MR) is 88.5 cm³/mol. The Morgan fingerprint density at radius 3 is 1.74 bits per heavy atom. The minimum Gasteiger partial charge on any atom is -0.317 e. The number of carbonyl (C=O) groups is 2. The van der Waals surface area contributed by atoms with Crippen LogP contribution in [-0.4, -0.2) is 26.7 Å². The van der Waals surface area contributed by atoms with Crippen LogP contribution in [0, 0.1) is 6.92 Å². The van der Waals surface area contributed by atoms with Gasteiger partial charge in [-0.1, -0.05) is 37.0 Å². The Bertz CT molecular complexity index is 392. The first-order valence-corrected chi connectivity index (χ1v) is 7.32. The van der Waals surface area contributed by atoms with Crippen LogP contribution in [0.15, 0.2) is 24.3 Å². The van der Waals surface area contributed by atoms with E-state index in [2.05, 4.69) is 12.4 Å². The van der Waals surface area contributed by atoms with E-state index in [1.54, 1.807) is 6.92 Å². The van der Waals surface area contributed by atoms with Crippen LogP contribution in [0.25, 0.3) is 0 Å². The molecule has 0 amide bonds. The number of hydrogen-bond donors (Lipinski definition) is 1. The molecule has 1 saturated carbocycles. The van der Waals surface area contributed by atoms with E-state index in [4.69, 9.17) is 9.59 Å². The normalized spacial score (nSPS) is 14.1. The van der Waals surface area contributed by atoms with Crippen LogP contribution in [0.4, 0.5) is 13.2 Å². The minimum atomic E-state index is -4.21. The van der Waals surface area contributed by atoms with E-state index in [-0.39, 0.29) is 1.43 Å². The zero-order valence-electron chi connectivity index (χ0n) is 13.8. The third kappa shape index (κ3) is 11.5. The monoisotopic (exact) mass is 335 g/mol. The van der Waals surface area contributed by atoms with Crippen LogP contribution in [0.2, 0.25) is 0 Å². The molecule has 0 atom stereocenters. The lowest BCUT2D eigenvalue weighted by Crippen LogP contribution is -2.26. The van der Waals surface area contributed by atoms with Crippen molar-refractivity contribution in [2.75, 3.05) is 7.05 Å². The van der Waals surface area contributed by atoms with Crippen molar-refractivity contribution in [1.29, 1.82) is 0 Å². The molecule has 1 aromatic rings. The van der Waals surface area contributed by atoms with E-state index in [0.29, 0.717) is 0 Å². The average Bonchev–Trinajstić information content (AvgIpc) is 2.59. The Balaban J connectivity index is -0.000000302. The van der Waals surface area contributed by atoms with Crippen molar-refractivity contribution >= 4 is 13.6 Å². The molecule has 3 nitrogen and oxygen atoms in total. The number of nitrogens with one attached hydrogen (secondary N) is 1. The van der Waals surface area contributed by atoms with Crippen LogP contribution in [0.3, 0.4) is 0 Å². The lowest BCUT2D eigenvalue weighted by Gasteiger charge is -2.20. The Morgan fingerprint density at radius 1 is 1.00 bits per heavy atom. The lowest BCUT2D eigenvalue weighted by atomic mass is 9.96. The van der Waals surface area contributed by atoms with Gasteiger partial charge in [-0.3, -0.25) is 0 Å². The maximum absolute atomic E-state index is 11.9. The second kappa shape index (κ2) is 13.9. The van der Waals surface area contributed by atoms with Gasteiger partial charge in [-0.25, -0.2) is 0 Å². The summed E-state index contributed by atoms with van der Waals surface area (Å²) in [5.41, 5.74) is 0.237. The third-order valence-corrected chi connectivity index (χ3v) is 3.39. The molecule has 0 unspecified atom stereocenters. The maximum Gasteiger partial charge on any atom is 0.416 e. The summed E-state index contributed by atoms with van der Waals surface area (Å²) in [6.45, 7) is 5.75. The molecule has 134 valence electrons. The standard InChI is InChI=1S/C8H7F3.C7H15N.2CH2O.H2/c1-6-2-4-7(5-3-6)8(9,10)11;1-8-7-5-3-2-4-6-7;2*1-2;/h2-5H,1H3;7-8H,2-6H2,1H3;2*1H2;1H. The van der Waals surface area contributed by atoms with Crippen LogP contribution in [-0.2, 0) is 15.8 Å². The van der Waals surface area contributed by atoms with Crippen molar-refractivity contribution in [2.24, 2.45) is 0 Å². The smallest absolute Gasteiger partial charge is 0.317 e. The molecule has 0 spiro atoms. The lowest BCUT2D eigenvalue weighted by molar-refractivity contribution is -0.137. The molecule has 0 aromatic heterocycles. The zero-order valence-corrected chi connectivity index (χ0v) is 13.8. The van der Waals surface area contributed by atoms with Gasteiger partial charge in [-0.2, -0.15) is 13.2 Å². The molecule has 0 radical (unpaired) electrons. The molecule has 6 heteroatoms. The molecule has 0 bridgehead atoms. The van der Waals surface area contributed by atoms with Crippen LogP contribution in [0.5, 0.6) is 0 Å². The second-order valence-corrected chi connectivity index (χ2v) is 4.99. The number of hydrogen-bond acceptors (Lipinski definition) is 3. The Labute approximate surface area is 137 Å². The highest BCUT2D eigenvalue weighted by atomic mass is 19.4. The summed E-state index contributed by atoms with van der Waals surface area (Å²) < 4.78 is 35.8. The van der Waals surface area contributed by atoms with Crippen molar-refractivity contribution in [3.05, 3.63) is 35.4 Å². The van der Waals surface area contributed by atoms with Crippen molar-refractivity contribution in [3.8, 4) is 0 Å². The highest BCUT2D eigenvalue weighted by Gasteiger charge is 2.29. The molecule has 0 aliphatic heterocycles. The van der Waals surface area contributed by atoms with Crippen LogP contribution in [0.1, 0.15) is 44.7 Å². The molecular weight excluding hydrogens is 307 g/mol. The third-order valence-electron chi connectivity index (χ3n) is 3.39. The first-order chi connectivity index (χ1) is 10.9. The van der Waals surface area contributed by atoms with Crippen molar-refractivity contribution in [3.63, 3.8) is 0 Å². The summed E-state index contributed by atoms with van der Waals surface area (Å²) in [5.74, 6) is 0. The van der Waals surface area contributed by atoms with Gasteiger partial charge in [0.2, 0.25) is 0 Å². The average molecular weight is 335 g/mol. The number of alkyl halides is 3. The predicted octanol–water partition coefficient (Wildman–Crippen LogP) is 4.43. The zero-order chi connectivity index (χ0) is 18.3. The maximum atomic E-state index is 11.9. The van der Waals surface area contributed by atoms with Gasteiger partial charge in [0, 0.05) is 7.47 Å².